The van der Waals surface area contributed by atoms with Crippen molar-refractivity contribution in [3.05, 3.63) is 77.5 Å². The maximum Gasteiger partial charge on any atom is 0.433 e. The van der Waals surface area contributed by atoms with Gasteiger partial charge in [-0.2, -0.15) is 15.3 Å². The summed E-state index contributed by atoms with van der Waals surface area (Å²) in [6, 6.07) is 18.3. The van der Waals surface area contributed by atoms with E-state index in [2.05, 4.69) is 0 Å². The predicted octanol–water partition coefficient (Wildman–Crippen LogP) is 3.68. The lowest BCUT2D eigenvalue weighted by Crippen LogP contribution is -2.59. The van der Waals surface area contributed by atoms with Crippen LogP contribution in [0.3, 0.4) is 0 Å². The maximum atomic E-state index is 14.1. The van der Waals surface area contributed by atoms with Gasteiger partial charge >= 0.3 is 12.2 Å². The van der Waals surface area contributed by atoms with Gasteiger partial charge in [0.15, 0.2) is 0 Å². The fraction of sp³-hybridized carbons (Fsp3) is 0.250. The molecule has 0 bridgehead atoms. The van der Waals surface area contributed by atoms with Gasteiger partial charge in [-0.25, -0.2) is 9.59 Å². The summed E-state index contributed by atoms with van der Waals surface area (Å²) in [5.74, 6) is -0.541. The first-order valence-electron chi connectivity index (χ1n) is 10.5. The van der Waals surface area contributed by atoms with Gasteiger partial charge in [0.05, 0.1) is 43.3 Å². The molecule has 1 atom stereocenters. The third-order valence-corrected chi connectivity index (χ3v) is 5.51. The van der Waals surface area contributed by atoms with Crippen LogP contribution >= 0.6 is 0 Å². The number of hydrazine groups is 1. The first-order chi connectivity index (χ1) is 16.0. The van der Waals surface area contributed by atoms with Crippen LogP contribution in [0.1, 0.15) is 25.0 Å². The van der Waals surface area contributed by atoms with E-state index in [-0.39, 0.29) is 25.3 Å². The SMILES string of the molecule is CCOC(=O)N1C=C(C#N)[C@]2(C(=O)N(Cc3ccccc3)c3ccccc32)N1C(=O)OCC. The highest BCUT2D eigenvalue weighted by molar-refractivity contribution is 6.12. The highest BCUT2D eigenvalue weighted by Crippen LogP contribution is 2.52. The summed E-state index contributed by atoms with van der Waals surface area (Å²) in [6.07, 6.45) is -0.686. The molecule has 0 aromatic heterocycles. The lowest BCUT2D eigenvalue weighted by atomic mass is 9.85. The van der Waals surface area contributed by atoms with Crippen molar-refractivity contribution in [2.24, 2.45) is 0 Å². The molecular formula is C24H22N4O5. The van der Waals surface area contributed by atoms with Gasteiger partial charge in [0.1, 0.15) is 0 Å². The van der Waals surface area contributed by atoms with E-state index in [4.69, 9.17) is 9.47 Å². The zero-order valence-corrected chi connectivity index (χ0v) is 18.2. The number of benzene rings is 2. The van der Waals surface area contributed by atoms with Crippen LogP contribution in [0.15, 0.2) is 66.4 Å². The molecule has 2 aromatic carbocycles. The fourth-order valence-corrected chi connectivity index (χ4v) is 4.22. The van der Waals surface area contributed by atoms with Crippen molar-refractivity contribution in [2.45, 2.75) is 25.9 Å². The summed E-state index contributed by atoms with van der Waals surface area (Å²) in [5, 5.41) is 11.8. The van der Waals surface area contributed by atoms with Crippen molar-refractivity contribution in [3.8, 4) is 6.07 Å². The van der Waals surface area contributed by atoms with Crippen LogP contribution in [0.25, 0.3) is 0 Å². The van der Waals surface area contributed by atoms with E-state index in [0.29, 0.717) is 11.3 Å². The molecular weight excluding hydrogens is 424 g/mol. The Bertz CT molecular complexity index is 1170. The number of nitrogens with zero attached hydrogens (tertiary/aromatic N) is 4. The Morgan fingerprint density at radius 3 is 2.27 bits per heavy atom. The molecule has 2 aliphatic heterocycles. The number of carbonyl (C=O) groups excluding carboxylic acids is 3. The average Bonchev–Trinajstić information content (AvgIpc) is 3.30. The number of hydrogen-bond acceptors (Lipinski definition) is 6. The molecule has 3 amide bonds. The normalized spacial score (nSPS) is 18.8. The fourth-order valence-electron chi connectivity index (χ4n) is 4.22. The number of ether oxygens (including phenoxy) is 2. The summed E-state index contributed by atoms with van der Waals surface area (Å²) in [7, 11) is 0. The number of anilines is 1. The van der Waals surface area contributed by atoms with E-state index in [1.165, 1.54) is 4.90 Å². The molecule has 9 nitrogen and oxygen atoms in total. The quantitative estimate of drug-likeness (QED) is 0.710. The first kappa shape index (κ1) is 21.9. The summed E-state index contributed by atoms with van der Waals surface area (Å²) in [4.78, 5) is 41.5. The van der Waals surface area contributed by atoms with Crippen LogP contribution < -0.4 is 4.90 Å². The predicted molar refractivity (Wildman–Crippen MR) is 117 cm³/mol. The van der Waals surface area contributed by atoms with E-state index in [9.17, 15) is 19.6 Å². The third kappa shape index (κ3) is 3.27. The van der Waals surface area contributed by atoms with E-state index in [0.717, 1.165) is 21.8 Å². The first-order valence-corrected chi connectivity index (χ1v) is 10.5. The van der Waals surface area contributed by atoms with Crippen LogP contribution in [-0.4, -0.2) is 41.3 Å². The zero-order valence-electron chi connectivity index (χ0n) is 18.2. The second-order valence-electron chi connectivity index (χ2n) is 7.31. The summed E-state index contributed by atoms with van der Waals surface area (Å²) in [6.45, 7) is 3.49. The minimum Gasteiger partial charge on any atom is -0.448 e. The number of nitriles is 1. The molecule has 0 fully saturated rings. The second-order valence-corrected chi connectivity index (χ2v) is 7.31. The van der Waals surface area contributed by atoms with Crippen molar-refractivity contribution in [1.82, 2.24) is 10.0 Å². The largest absolute Gasteiger partial charge is 0.448 e. The van der Waals surface area contributed by atoms with Gasteiger partial charge in [0.25, 0.3) is 5.91 Å². The third-order valence-electron chi connectivity index (χ3n) is 5.51. The Morgan fingerprint density at radius 1 is 0.970 bits per heavy atom. The van der Waals surface area contributed by atoms with Gasteiger partial charge in [-0.1, -0.05) is 48.5 Å². The van der Waals surface area contributed by atoms with Gasteiger partial charge in [-0.3, -0.25) is 4.79 Å². The van der Waals surface area contributed by atoms with E-state index < -0.39 is 23.6 Å². The monoisotopic (exact) mass is 446 g/mol. The number of carbonyl (C=O) groups is 3. The number of rotatable bonds is 4. The molecule has 33 heavy (non-hydrogen) atoms. The topological polar surface area (TPSA) is 103 Å². The second kappa shape index (κ2) is 8.67. The molecule has 2 aromatic rings. The van der Waals surface area contributed by atoms with Gasteiger partial charge in [0.2, 0.25) is 5.54 Å². The smallest absolute Gasteiger partial charge is 0.433 e. The Kier molecular flexibility index (Phi) is 5.75. The summed E-state index contributed by atoms with van der Waals surface area (Å²) < 4.78 is 10.3. The molecule has 1 spiro atoms. The van der Waals surface area contributed by atoms with Gasteiger partial charge in [-0.15, -0.1) is 0 Å². The van der Waals surface area contributed by atoms with Crippen LogP contribution in [0, 0.1) is 11.3 Å². The Hall–Kier alpha value is -4.32. The number of fused-ring (bicyclic) bond motifs is 2. The zero-order chi connectivity index (χ0) is 23.6. The molecule has 168 valence electrons. The van der Waals surface area contributed by atoms with Crippen molar-refractivity contribution in [2.75, 3.05) is 18.1 Å². The summed E-state index contributed by atoms with van der Waals surface area (Å²) in [5.41, 5.74) is -0.176. The lowest BCUT2D eigenvalue weighted by Gasteiger charge is -2.36. The molecule has 0 unspecified atom stereocenters. The van der Waals surface area contributed by atoms with E-state index >= 15 is 0 Å². The number of hydrogen-bond donors (Lipinski definition) is 0. The molecule has 0 aliphatic carbocycles. The van der Waals surface area contributed by atoms with Crippen LogP contribution in [0.5, 0.6) is 0 Å². The Morgan fingerprint density at radius 2 is 1.61 bits per heavy atom. The number of amides is 3. The molecule has 9 heteroatoms. The highest BCUT2D eigenvalue weighted by atomic mass is 16.6. The molecule has 0 saturated heterocycles. The lowest BCUT2D eigenvalue weighted by molar-refractivity contribution is -0.131. The Labute approximate surface area is 191 Å². The van der Waals surface area contributed by atoms with Crippen molar-refractivity contribution in [1.29, 1.82) is 5.26 Å². The molecule has 4 rings (SSSR count). The van der Waals surface area contributed by atoms with Gasteiger partial charge < -0.3 is 14.4 Å². The molecule has 0 radical (unpaired) electrons. The van der Waals surface area contributed by atoms with Gasteiger partial charge in [0, 0.05) is 5.56 Å². The molecule has 0 saturated carbocycles. The van der Waals surface area contributed by atoms with Crippen molar-refractivity contribution >= 4 is 23.8 Å². The summed E-state index contributed by atoms with van der Waals surface area (Å²) >= 11 is 0. The van der Waals surface area contributed by atoms with Crippen molar-refractivity contribution in [3.63, 3.8) is 0 Å². The van der Waals surface area contributed by atoms with E-state index in [1.807, 2.05) is 36.4 Å². The maximum absolute atomic E-state index is 14.1. The minimum atomic E-state index is -1.89. The molecule has 2 heterocycles. The van der Waals surface area contributed by atoms with Crippen LogP contribution in [-0.2, 0) is 26.4 Å². The van der Waals surface area contributed by atoms with Crippen LogP contribution in [0.4, 0.5) is 15.3 Å². The highest BCUT2D eigenvalue weighted by Gasteiger charge is 2.65. The van der Waals surface area contributed by atoms with Crippen LogP contribution in [0.2, 0.25) is 0 Å². The standard InChI is InChI=1S/C24H22N4O5/c1-3-32-22(30)27-16-18(14-25)24(28(27)23(31)33-4-2)19-12-8-9-13-20(19)26(21(24)29)15-17-10-6-5-7-11-17/h5-13,16H,3-4,15H2,1-2H3/t24-/m0/s1. The average molecular weight is 446 g/mol. The Balaban J connectivity index is 1.91. The number of para-hydroxylation sites is 1. The minimum absolute atomic E-state index is 0.00747. The van der Waals surface area contributed by atoms with E-state index in [1.54, 1.807) is 38.1 Å². The molecule has 2 aliphatic rings. The van der Waals surface area contributed by atoms with Crippen molar-refractivity contribution < 1.29 is 23.9 Å². The van der Waals surface area contributed by atoms with Gasteiger partial charge in [-0.05, 0) is 25.5 Å². The molecule has 0 N–H and O–H groups in total.